The molecule has 0 unspecified atom stereocenters. The van der Waals surface area contributed by atoms with E-state index >= 15 is 0 Å². The van der Waals surface area contributed by atoms with Crippen LogP contribution in [0.5, 0.6) is 0 Å². The van der Waals surface area contributed by atoms with Crippen LogP contribution in [0.15, 0.2) is 47.7 Å². The number of hydrogen-bond donors (Lipinski definition) is 3. The van der Waals surface area contributed by atoms with E-state index in [4.69, 9.17) is 4.99 Å². The second-order valence-electron chi connectivity index (χ2n) is 7.86. The van der Waals surface area contributed by atoms with Crippen LogP contribution in [0.3, 0.4) is 0 Å². The van der Waals surface area contributed by atoms with Crippen molar-refractivity contribution in [2.24, 2.45) is 4.99 Å². The molecule has 2 heterocycles. The summed E-state index contributed by atoms with van der Waals surface area (Å²) in [5, 5.41) is 14.2. The summed E-state index contributed by atoms with van der Waals surface area (Å²) in [5.41, 5.74) is 2.17. The van der Waals surface area contributed by atoms with Crippen molar-refractivity contribution >= 4 is 35.8 Å². The first-order chi connectivity index (χ1) is 15.2. The molecular weight excluding hydrogens is 517 g/mol. The molecule has 8 nitrogen and oxygen atoms in total. The van der Waals surface area contributed by atoms with E-state index in [-0.39, 0.29) is 29.9 Å². The van der Waals surface area contributed by atoms with Crippen LogP contribution in [0.2, 0.25) is 0 Å². The number of aromatic nitrogens is 2. The first-order valence-corrected chi connectivity index (χ1v) is 11.3. The highest BCUT2D eigenvalue weighted by Gasteiger charge is 2.21. The molecule has 32 heavy (non-hydrogen) atoms. The molecule has 1 amide bonds. The number of halogens is 1. The maximum atomic E-state index is 11.9. The molecular formula is C23H36IN7O. The van der Waals surface area contributed by atoms with Gasteiger partial charge >= 0.3 is 0 Å². The molecule has 2 aromatic rings. The Balaban J connectivity index is 0.00000363. The van der Waals surface area contributed by atoms with Crippen molar-refractivity contribution < 1.29 is 4.79 Å². The van der Waals surface area contributed by atoms with Gasteiger partial charge in [0.25, 0.3) is 0 Å². The Hall–Kier alpha value is -2.14. The SMILES string of the molecule is CCCNC(=O)CN1CCC(NC(=NCc2cccc(-n3cccn3)c2)NCC)CC1.I. The molecule has 0 atom stereocenters. The van der Waals surface area contributed by atoms with Crippen molar-refractivity contribution in [2.75, 3.05) is 32.7 Å². The average Bonchev–Trinajstić information content (AvgIpc) is 3.33. The summed E-state index contributed by atoms with van der Waals surface area (Å²) in [6.45, 7) is 8.64. The van der Waals surface area contributed by atoms with Gasteiger partial charge in [-0.05, 0) is 49.9 Å². The molecule has 1 aliphatic heterocycles. The van der Waals surface area contributed by atoms with Gasteiger partial charge in [-0.1, -0.05) is 19.1 Å². The predicted molar refractivity (Wildman–Crippen MR) is 140 cm³/mol. The third-order valence-corrected chi connectivity index (χ3v) is 5.31. The minimum absolute atomic E-state index is 0. The Labute approximate surface area is 208 Å². The molecule has 0 spiro atoms. The highest BCUT2D eigenvalue weighted by molar-refractivity contribution is 14.0. The van der Waals surface area contributed by atoms with Crippen LogP contribution < -0.4 is 16.0 Å². The number of carbonyl (C=O) groups is 1. The topological polar surface area (TPSA) is 86.6 Å². The molecule has 1 aliphatic rings. The van der Waals surface area contributed by atoms with Gasteiger partial charge in [0.15, 0.2) is 5.96 Å². The van der Waals surface area contributed by atoms with Crippen LogP contribution in [-0.4, -0.2) is 65.3 Å². The van der Waals surface area contributed by atoms with Crippen LogP contribution in [0, 0.1) is 0 Å². The van der Waals surface area contributed by atoms with E-state index < -0.39 is 0 Å². The zero-order valence-corrected chi connectivity index (χ0v) is 21.4. The monoisotopic (exact) mass is 553 g/mol. The van der Waals surface area contributed by atoms with E-state index in [0.29, 0.717) is 19.1 Å². The first-order valence-electron chi connectivity index (χ1n) is 11.3. The number of aliphatic imine (C=N–C) groups is 1. The van der Waals surface area contributed by atoms with Gasteiger partial charge < -0.3 is 16.0 Å². The van der Waals surface area contributed by atoms with Crippen LogP contribution in [-0.2, 0) is 11.3 Å². The van der Waals surface area contributed by atoms with Gasteiger partial charge in [0.1, 0.15) is 0 Å². The number of rotatable bonds is 9. The molecule has 9 heteroatoms. The Morgan fingerprint density at radius 3 is 2.69 bits per heavy atom. The lowest BCUT2D eigenvalue weighted by Gasteiger charge is -2.32. The summed E-state index contributed by atoms with van der Waals surface area (Å²) in [4.78, 5) is 18.9. The molecule has 1 aromatic carbocycles. The molecule has 0 bridgehead atoms. The minimum Gasteiger partial charge on any atom is -0.357 e. The third-order valence-electron chi connectivity index (χ3n) is 5.31. The number of guanidine groups is 1. The molecule has 3 N–H and O–H groups in total. The second-order valence-corrected chi connectivity index (χ2v) is 7.86. The first kappa shape index (κ1) is 26.1. The van der Waals surface area contributed by atoms with Gasteiger partial charge in [-0.2, -0.15) is 5.10 Å². The van der Waals surface area contributed by atoms with Crippen LogP contribution in [0.25, 0.3) is 5.69 Å². The van der Waals surface area contributed by atoms with Crippen LogP contribution >= 0.6 is 24.0 Å². The molecule has 1 aromatic heterocycles. The van der Waals surface area contributed by atoms with E-state index in [1.807, 2.05) is 29.1 Å². The van der Waals surface area contributed by atoms with Gasteiger partial charge in [-0.3, -0.25) is 9.69 Å². The molecule has 1 saturated heterocycles. The zero-order chi connectivity index (χ0) is 21.9. The van der Waals surface area contributed by atoms with E-state index in [2.05, 4.69) is 51.9 Å². The Morgan fingerprint density at radius 2 is 2.00 bits per heavy atom. The van der Waals surface area contributed by atoms with Crippen molar-refractivity contribution in [3.63, 3.8) is 0 Å². The normalized spacial score (nSPS) is 15.1. The number of piperidine rings is 1. The van der Waals surface area contributed by atoms with E-state index in [1.54, 1.807) is 6.20 Å². The fourth-order valence-electron chi connectivity index (χ4n) is 3.66. The largest absolute Gasteiger partial charge is 0.357 e. The molecule has 0 radical (unpaired) electrons. The summed E-state index contributed by atoms with van der Waals surface area (Å²) in [6.07, 6.45) is 6.69. The lowest BCUT2D eigenvalue weighted by atomic mass is 10.1. The van der Waals surface area contributed by atoms with E-state index in [1.165, 1.54) is 0 Å². The Kier molecular flexibility index (Phi) is 11.5. The van der Waals surface area contributed by atoms with E-state index in [0.717, 1.165) is 62.7 Å². The predicted octanol–water partition coefficient (Wildman–Crippen LogP) is 2.54. The van der Waals surface area contributed by atoms with Crippen LogP contribution in [0.1, 0.15) is 38.7 Å². The number of amides is 1. The van der Waals surface area contributed by atoms with Gasteiger partial charge in [-0.25, -0.2) is 9.67 Å². The van der Waals surface area contributed by atoms with Crippen molar-refractivity contribution in [3.8, 4) is 5.69 Å². The highest BCUT2D eigenvalue weighted by Crippen LogP contribution is 2.12. The van der Waals surface area contributed by atoms with Gasteiger partial charge in [0, 0.05) is 44.6 Å². The number of likely N-dealkylation sites (tertiary alicyclic amines) is 1. The summed E-state index contributed by atoms with van der Waals surface area (Å²) < 4.78 is 1.85. The van der Waals surface area contributed by atoms with Crippen molar-refractivity contribution in [1.29, 1.82) is 0 Å². The third kappa shape index (κ3) is 8.42. The quantitative estimate of drug-likeness (QED) is 0.253. The molecule has 0 aliphatic carbocycles. The Morgan fingerprint density at radius 1 is 1.19 bits per heavy atom. The van der Waals surface area contributed by atoms with Gasteiger partial charge in [-0.15, -0.1) is 24.0 Å². The lowest BCUT2D eigenvalue weighted by molar-refractivity contribution is -0.122. The Bertz CT molecular complexity index is 833. The van der Waals surface area contributed by atoms with Crippen LogP contribution in [0.4, 0.5) is 0 Å². The number of hydrogen-bond acceptors (Lipinski definition) is 4. The molecule has 3 rings (SSSR count). The fraction of sp³-hybridized carbons (Fsp3) is 0.522. The van der Waals surface area contributed by atoms with Gasteiger partial charge in [0.2, 0.25) is 5.91 Å². The average molecular weight is 553 g/mol. The molecule has 1 fully saturated rings. The number of benzene rings is 1. The minimum atomic E-state index is 0. The fourth-order valence-corrected chi connectivity index (χ4v) is 3.66. The van der Waals surface area contributed by atoms with Gasteiger partial charge in [0.05, 0.1) is 18.8 Å². The number of carbonyl (C=O) groups excluding carboxylic acids is 1. The highest BCUT2D eigenvalue weighted by atomic mass is 127. The summed E-state index contributed by atoms with van der Waals surface area (Å²) in [6, 6.07) is 10.6. The smallest absolute Gasteiger partial charge is 0.234 e. The molecule has 176 valence electrons. The summed E-state index contributed by atoms with van der Waals surface area (Å²) in [7, 11) is 0. The lowest BCUT2D eigenvalue weighted by Crippen LogP contribution is -2.50. The second kappa shape index (κ2) is 14.1. The van der Waals surface area contributed by atoms with E-state index in [9.17, 15) is 4.79 Å². The maximum Gasteiger partial charge on any atom is 0.234 e. The van der Waals surface area contributed by atoms with Crippen molar-refractivity contribution in [3.05, 3.63) is 48.3 Å². The zero-order valence-electron chi connectivity index (χ0n) is 19.1. The van der Waals surface area contributed by atoms with Crippen molar-refractivity contribution in [2.45, 2.75) is 45.7 Å². The summed E-state index contributed by atoms with van der Waals surface area (Å²) in [5.74, 6) is 0.964. The van der Waals surface area contributed by atoms with Crippen molar-refractivity contribution in [1.82, 2.24) is 30.6 Å². The summed E-state index contributed by atoms with van der Waals surface area (Å²) >= 11 is 0. The maximum absolute atomic E-state index is 11.9. The standard InChI is InChI=1S/C23H35N7O.HI/c1-3-11-25-22(31)18-29-14-9-20(10-15-29)28-23(24-4-2)26-17-19-7-5-8-21(16-19)30-13-6-12-27-30;/h5-8,12-13,16,20H,3-4,9-11,14-15,17-18H2,1-2H3,(H,25,31)(H2,24,26,28);1H. The molecule has 0 saturated carbocycles. The number of nitrogens with one attached hydrogen (secondary N) is 3. The number of nitrogens with zero attached hydrogens (tertiary/aromatic N) is 4.